The van der Waals surface area contributed by atoms with Gasteiger partial charge in [-0.2, -0.15) is 0 Å². The van der Waals surface area contributed by atoms with E-state index < -0.39 is 0 Å². The predicted octanol–water partition coefficient (Wildman–Crippen LogP) is 9.81. The van der Waals surface area contributed by atoms with Crippen molar-refractivity contribution in [3.8, 4) is 0 Å². The second-order valence-corrected chi connectivity index (χ2v) is 11.6. The van der Waals surface area contributed by atoms with Crippen LogP contribution < -0.4 is 9.80 Å². The molecule has 0 amide bonds. The van der Waals surface area contributed by atoms with Crippen molar-refractivity contribution in [3.05, 3.63) is 149 Å². The molecule has 1 heterocycles. The largest absolute Gasteiger partial charge is 0.333 e. The first-order valence-electron chi connectivity index (χ1n) is 14.8. The van der Waals surface area contributed by atoms with Gasteiger partial charge in [-0.3, -0.25) is 0 Å². The number of para-hydroxylation sites is 2. The Kier molecular flexibility index (Phi) is 5.55. The first-order chi connectivity index (χ1) is 19.8. The van der Waals surface area contributed by atoms with Gasteiger partial charge in [0.25, 0.3) is 0 Å². The van der Waals surface area contributed by atoms with E-state index in [2.05, 4.69) is 138 Å². The molecule has 0 aromatic heterocycles. The third kappa shape index (κ3) is 3.63. The molecule has 4 aliphatic carbocycles. The van der Waals surface area contributed by atoms with Crippen molar-refractivity contribution < 1.29 is 0 Å². The molecule has 2 heteroatoms. The summed E-state index contributed by atoms with van der Waals surface area (Å²) in [7, 11) is 0. The van der Waals surface area contributed by atoms with Crippen LogP contribution in [0.2, 0.25) is 0 Å². The first kappa shape index (κ1) is 23.6. The van der Waals surface area contributed by atoms with Crippen LogP contribution in [-0.2, 0) is 0 Å². The average molecular weight is 519 g/mol. The van der Waals surface area contributed by atoms with Crippen LogP contribution in [0, 0.1) is 11.8 Å². The number of nitrogens with zero attached hydrogens (tertiary/aromatic N) is 2. The van der Waals surface area contributed by atoms with Gasteiger partial charge in [-0.15, -0.1) is 0 Å². The van der Waals surface area contributed by atoms with Crippen LogP contribution >= 0.6 is 0 Å². The normalized spacial score (nSPS) is 24.1. The number of rotatable bonds is 4. The molecule has 3 aromatic carbocycles. The summed E-state index contributed by atoms with van der Waals surface area (Å²) in [5.41, 5.74) is 13.7. The zero-order valence-electron chi connectivity index (χ0n) is 23.0. The summed E-state index contributed by atoms with van der Waals surface area (Å²) in [4.78, 5) is 5.02. The molecule has 0 radical (unpaired) electrons. The molecule has 1 saturated carbocycles. The van der Waals surface area contributed by atoms with E-state index in [1.807, 2.05) is 0 Å². The molecule has 0 saturated heterocycles. The Hall–Kier alpha value is -4.30. The minimum atomic E-state index is 0.337. The molecule has 8 rings (SSSR count). The summed E-state index contributed by atoms with van der Waals surface area (Å²) in [6.45, 7) is 2.41. The fourth-order valence-corrected chi connectivity index (χ4v) is 7.59. The molecule has 3 unspecified atom stereocenters. The van der Waals surface area contributed by atoms with Crippen LogP contribution in [0.1, 0.15) is 38.2 Å². The number of fused-ring (bicyclic) bond motifs is 6. The summed E-state index contributed by atoms with van der Waals surface area (Å²) in [6.07, 6.45) is 21.3. The maximum Gasteiger partial charge on any atom is 0.0632 e. The summed E-state index contributed by atoms with van der Waals surface area (Å²) in [5.74, 6) is 1.04. The SMILES string of the molecule is CC1C2=CCCC=C2C2CC=C(N(c3ccccc3)c3ccc4c(c3)N(c3ccccc3)C3CC=CC=C43)C=C12. The van der Waals surface area contributed by atoms with Crippen LogP contribution in [0.15, 0.2) is 144 Å². The summed E-state index contributed by atoms with van der Waals surface area (Å²) in [6, 6.07) is 29.2. The van der Waals surface area contributed by atoms with E-state index in [0.717, 1.165) is 12.8 Å². The average Bonchev–Trinajstić information content (AvgIpc) is 3.50. The second-order valence-electron chi connectivity index (χ2n) is 11.6. The molecule has 2 nitrogen and oxygen atoms in total. The van der Waals surface area contributed by atoms with Crippen LogP contribution in [0.5, 0.6) is 0 Å². The van der Waals surface area contributed by atoms with Crippen LogP contribution in [0.25, 0.3) is 5.57 Å². The van der Waals surface area contributed by atoms with Gasteiger partial charge < -0.3 is 9.80 Å². The number of benzene rings is 3. The van der Waals surface area contributed by atoms with Crippen molar-refractivity contribution >= 4 is 28.3 Å². The minimum absolute atomic E-state index is 0.337. The van der Waals surface area contributed by atoms with Crippen molar-refractivity contribution in [2.45, 2.75) is 38.6 Å². The van der Waals surface area contributed by atoms with Gasteiger partial charge in [0.05, 0.1) is 11.7 Å². The fourth-order valence-electron chi connectivity index (χ4n) is 7.59. The number of hydrogen-bond acceptors (Lipinski definition) is 2. The Morgan fingerprint density at radius 3 is 2.35 bits per heavy atom. The highest BCUT2D eigenvalue weighted by Gasteiger charge is 2.39. The molecular formula is C38H34N2. The zero-order chi connectivity index (χ0) is 26.6. The van der Waals surface area contributed by atoms with Gasteiger partial charge in [0.1, 0.15) is 0 Å². The van der Waals surface area contributed by atoms with Gasteiger partial charge in [-0.25, -0.2) is 0 Å². The maximum atomic E-state index is 2.55. The van der Waals surface area contributed by atoms with Gasteiger partial charge >= 0.3 is 0 Å². The number of allylic oxidation sites excluding steroid dienone is 9. The third-order valence-corrected chi connectivity index (χ3v) is 9.41. The Bertz CT molecular complexity index is 1660. The standard InChI is InChI=1S/C38H34N2/c1-26-31-16-8-9-17-32(31)33-22-20-29(24-36(26)33)39(27-12-4-2-5-13-27)30-21-23-35-34-18-10-11-19-37(34)40(38(35)25-30)28-14-6-3-7-15-28/h2-7,10-18,20-21,23-26,33,37H,8-9,19,22H2,1H3. The highest BCUT2D eigenvalue weighted by molar-refractivity contribution is 5.95. The smallest absolute Gasteiger partial charge is 0.0632 e. The lowest BCUT2D eigenvalue weighted by Crippen LogP contribution is -2.27. The molecule has 1 aliphatic heterocycles. The molecule has 3 aromatic rings. The zero-order valence-corrected chi connectivity index (χ0v) is 23.0. The minimum Gasteiger partial charge on any atom is -0.333 e. The molecule has 0 spiro atoms. The van der Waals surface area contributed by atoms with Gasteiger partial charge in [0.15, 0.2) is 0 Å². The van der Waals surface area contributed by atoms with Gasteiger partial charge in [0.2, 0.25) is 0 Å². The van der Waals surface area contributed by atoms with Crippen molar-refractivity contribution in [1.29, 1.82) is 0 Å². The number of anilines is 4. The first-order valence-corrected chi connectivity index (χ1v) is 14.8. The van der Waals surface area contributed by atoms with Crippen molar-refractivity contribution in [2.24, 2.45) is 11.8 Å². The fraction of sp³-hybridized carbons (Fsp3) is 0.211. The lowest BCUT2D eigenvalue weighted by atomic mass is 9.87. The molecule has 0 N–H and O–H groups in total. The predicted molar refractivity (Wildman–Crippen MR) is 168 cm³/mol. The highest BCUT2D eigenvalue weighted by Crippen LogP contribution is 2.52. The van der Waals surface area contributed by atoms with Crippen LogP contribution in [0.4, 0.5) is 22.7 Å². The Morgan fingerprint density at radius 2 is 1.52 bits per heavy atom. The van der Waals surface area contributed by atoms with Gasteiger partial charge in [-0.1, -0.05) is 91.4 Å². The number of hydrogen-bond donors (Lipinski definition) is 0. The maximum absolute atomic E-state index is 2.55. The topological polar surface area (TPSA) is 6.48 Å². The Morgan fingerprint density at radius 1 is 0.750 bits per heavy atom. The second kappa shape index (κ2) is 9.41. The molecule has 0 bridgehead atoms. The van der Waals surface area contributed by atoms with Crippen LogP contribution in [-0.4, -0.2) is 6.04 Å². The molecule has 196 valence electrons. The van der Waals surface area contributed by atoms with Crippen molar-refractivity contribution in [1.82, 2.24) is 0 Å². The van der Waals surface area contributed by atoms with E-state index in [0.29, 0.717) is 17.9 Å². The van der Waals surface area contributed by atoms with E-state index >= 15 is 0 Å². The molecule has 1 fully saturated rings. The Labute approximate surface area is 237 Å². The van der Waals surface area contributed by atoms with E-state index in [4.69, 9.17) is 0 Å². The van der Waals surface area contributed by atoms with E-state index in [1.165, 1.54) is 52.4 Å². The van der Waals surface area contributed by atoms with E-state index in [9.17, 15) is 0 Å². The third-order valence-electron chi connectivity index (χ3n) is 9.41. The lowest BCUT2D eigenvalue weighted by molar-refractivity contribution is 0.706. The molecule has 3 atom stereocenters. The van der Waals surface area contributed by atoms with Crippen LogP contribution in [0.3, 0.4) is 0 Å². The molecular weight excluding hydrogens is 484 g/mol. The highest BCUT2D eigenvalue weighted by atomic mass is 15.2. The monoisotopic (exact) mass is 518 g/mol. The van der Waals surface area contributed by atoms with Crippen molar-refractivity contribution in [2.75, 3.05) is 9.80 Å². The summed E-state index contributed by atoms with van der Waals surface area (Å²) in [5, 5.41) is 0. The lowest BCUT2D eigenvalue weighted by Gasteiger charge is -2.32. The van der Waals surface area contributed by atoms with E-state index in [-0.39, 0.29) is 0 Å². The summed E-state index contributed by atoms with van der Waals surface area (Å²) < 4.78 is 0. The van der Waals surface area contributed by atoms with Crippen molar-refractivity contribution in [3.63, 3.8) is 0 Å². The van der Waals surface area contributed by atoms with E-state index in [1.54, 1.807) is 16.7 Å². The molecule has 5 aliphatic rings. The van der Waals surface area contributed by atoms with Gasteiger partial charge in [-0.05, 0) is 84.9 Å². The van der Waals surface area contributed by atoms with Gasteiger partial charge in [0, 0.05) is 40.2 Å². The Balaban J connectivity index is 1.26. The quantitative estimate of drug-likeness (QED) is 0.339. The summed E-state index contributed by atoms with van der Waals surface area (Å²) >= 11 is 0. The molecule has 40 heavy (non-hydrogen) atoms.